The van der Waals surface area contributed by atoms with E-state index in [0.29, 0.717) is 4.77 Å². The fourth-order valence-electron chi connectivity index (χ4n) is 1.99. The first-order chi connectivity index (χ1) is 9.06. The molecule has 0 unspecified atom stereocenters. The highest BCUT2D eigenvalue weighted by atomic mass is 127. The van der Waals surface area contributed by atoms with E-state index in [0.717, 1.165) is 23.9 Å². The largest absolute Gasteiger partial charge is 0.330 e. The summed E-state index contributed by atoms with van der Waals surface area (Å²) in [5.41, 5.74) is 2.87. The molecule has 2 nitrogen and oxygen atoms in total. The van der Waals surface area contributed by atoms with Crippen molar-refractivity contribution in [2.45, 2.75) is 0 Å². The molecule has 0 amide bonds. The summed E-state index contributed by atoms with van der Waals surface area (Å²) in [6, 6.07) is 10.8. The van der Waals surface area contributed by atoms with Crippen LogP contribution in [0.1, 0.15) is 0 Å². The summed E-state index contributed by atoms with van der Waals surface area (Å²) in [7, 11) is 0. The van der Waals surface area contributed by atoms with Crippen molar-refractivity contribution in [1.82, 2.24) is 9.55 Å². The van der Waals surface area contributed by atoms with Gasteiger partial charge in [-0.05, 0) is 93.8 Å². The van der Waals surface area contributed by atoms with E-state index >= 15 is 0 Å². The van der Waals surface area contributed by atoms with Crippen LogP contribution in [0.3, 0.4) is 0 Å². The van der Waals surface area contributed by atoms with Gasteiger partial charge in [-0.15, -0.1) is 0 Å². The van der Waals surface area contributed by atoms with Crippen molar-refractivity contribution in [3.8, 4) is 5.69 Å². The molecule has 6 heteroatoms. The Bertz CT molecular complexity index is 838. The number of hydrogen-bond acceptors (Lipinski definition) is 1. The number of nitrogens with one attached hydrogen (secondary N) is 1. The number of aromatic amines is 1. The van der Waals surface area contributed by atoms with Crippen molar-refractivity contribution < 1.29 is 4.39 Å². The Labute approximate surface area is 141 Å². The van der Waals surface area contributed by atoms with Crippen LogP contribution in [0.5, 0.6) is 0 Å². The number of fused-ring (bicyclic) bond motifs is 1. The van der Waals surface area contributed by atoms with Gasteiger partial charge >= 0.3 is 0 Å². The lowest BCUT2D eigenvalue weighted by molar-refractivity contribution is 0.626. The van der Waals surface area contributed by atoms with Gasteiger partial charge in [-0.1, -0.05) is 0 Å². The van der Waals surface area contributed by atoms with E-state index in [4.69, 9.17) is 12.2 Å². The lowest BCUT2D eigenvalue weighted by Crippen LogP contribution is -1.97. The minimum atomic E-state index is -0.242. The van der Waals surface area contributed by atoms with Gasteiger partial charge in [0.25, 0.3) is 0 Å². The third-order valence-electron chi connectivity index (χ3n) is 2.79. The molecule has 1 N–H and O–H groups in total. The molecule has 0 bridgehead atoms. The van der Waals surface area contributed by atoms with Crippen molar-refractivity contribution in [2.75, 3.05) is 0 Å². The van der Waals surface area contributed by atoms with Crippen LogP contribution in [0.2, 0.25) is 0 Å². The quantitative estimate of drug-likeness (QED) is 0.370. The molecule has 0 aliphatic rings. The van der Waals surface area contributed by atoms with E-state index in [-0.39, 0.29) is 5.82 Å². The van der Waals surface area contributed by atoms with Crippen molar-refractivity contribution >= 4 is 68.4 Å². The lowest BCUT2D eigenvalue weighted by atomic mass is 10.3. The lowest BCUT2D eigenvalue weighted by Gasteiger charge is -2.07. The molecule has 2 aromatic carbocycles. The van der Waals surface area contributed by atoms with Gasteiger partial charge in [0.05, 0.1) is 16.7 Å². The van der Waals surface area contributed by atoms with Crippen LogP contribution in [0.15, 0.2) is 36.4 Å². The van der Waals surface area contributed by atoms with Gasteiger partial charge < -0.3 is 4.98 Å². The first-order valence-electron chi connectivity index (χ1n) is 5.42. The van der Waals surface area contributed by atoms with Crippen LogP contribution in [0.4, 0.5) is 4.39 Å². The van der Waals surface area contributed by atoms with E-state index in [1.54, 1.807) is 6.07 Å². The van der Waals surface area contributed by atoms with Crippen LogP contribution in [-0.2, 0) is 0 Å². The van der Waals surface area contributed by atoms with Crippen molar-refractivity contribution in [3.63, 3.8) is 0 Å². The number of rotatable bonds is 1. The molecule has 0 spiro atoms. The molecule has 0 aliphatic carbocycles. The Hall–Kier alpha value is -0.480. The molecule has 3 aromatic rings. The number of nitrogens with zero attached hydrogens (tertiary/aromatic N) is 1. The minimum absolute atomic E-state index is 0.242. The molecule has 96 valence electrons. The minimum Gasteiger partial charge on any atom is -0.330 e. The van der Waals surface area contributed by atoms with Gasteiger partial charge in [0.2, 0.25) is 0 Å². The third-order valence-corrected chi connectivity index (χ3v) is 4.61. The summed E-state index contributed by atoms with van der Waals surface area (Å²) in [6.45, 7) is 0. The molecule has 1 aromatic heterocycles. The third kappa shape index (κ3) is 2.45. The molecule has 19 heavy (non-hydrogen) atoms. The van der Waals surface area contributed by atoms with Gasteiger partial charge in [-0.2, -0.15) is 0 Å². The number of imidazole rings is 1. The smallest absolute Gasteiger partial charge is 0.182 e. The van der Waals surface area contributed by atoms with Crippen LogP contribution in [-0.4, -0.2) is 9.55 Å². The normalized spacial score (nSPS) is 11.1. The highest BCUT2D eigenvalue weighted by molar-refractivity contribution is 14.1. The summed E-state index contributed by atoms with van der Waals surface area (Å²) in [5.74, 6) is -0.242. The Morgan fingerprint density at radius 3 is 2.63 bits per heavy atom. The molecular weight excluding hydrogens is 489 g/mol. The maximum atomic E-state index is 13.2. The van der Waals surface area contributed by atoms with E-state index in [1.807, 2.05) is 22.8 Å². The van der Waals surface area contributed by atoms with E-state index in [2.05, 4.69) is 50.2 Å². The van der Waals surface area contributed by atoms with Crippen molar-refractivity contribution in [1.29, 1.82) is 0 Å². The van der Waals surface area contributed by atoms with Crippen LogP contribution >= 0.6 is 57.4 Å². The predicted octanol–water partition coefficient (Wildman–Crippen LogP) is 5.04. The Morgan fingerprint density at radius 1 is 1.11 bits per heavy atom. The highest BCUT2D eigenvalue weighted by Gasteiger charge is 2.10. The second kappa shape index (κ2) is 5.13. The molecule has 0 saturated carbocycles. The molecular formula is C13H7FI2N2S. The molecule has 0 atom stereocenters. The number of H-pyrrole nitrogens is 1. The molecule has 1 heterocycles. The Balaban J connectivity index is 2.36. The number of benzene rings is 2. The zero-order valence-corrected chi connectivity index (χ0v) is 14.6. The monoisotopic (exact) mass is 496 g/mol. The topological polar surface area (TPSA) is 20.7 Å². The summed E-state index contributed by atoms with van der Waals surface area (Å²) >= 11 is 9.76. The Morgan fingerprint density at radius 2 is 1.89 bits per heavy atom. The van der Waals surface area contributed by atoms with Gasteiger partial charge in [-0.25, -0.2) is 4.39 Å². The van der Waals surface area contributed by atoms with Crippen molar-refractivity contribution in [3.05, 3.63) is 54.1 Å². The zero-order valence-electron chi connectivity index (χ0n) is 9.45. The second-order valence-corrected chi connectivity index (χ2v) is 6.82. The Kier molecular flexibility index (Phi) is 3.65. The molecule has 0 radical (unpaired) electrons. The van der Waals surface area contributed by atoms with E-state index in [1.165, 1.54) is 12.1 Å². The SMILES string of the molecule is Fc1ccc(-n2c(=S)[nH]c3cc(I)ccc32)c(I)c1. The number of aromatic nitrogens is 2. The van der Waals surface area contributed by atoms with Crippen LogP contribution in [0.25, 0.3) is 16.7 Å². The average Bonchev–Trinajstić information content (AvgIpc) is 2.65. The van der Waals surface area contributed by atoms with Crippen molar-refractivity contribution in [2.24, 2.45) is 0 Å². The van der Waals surface area contributed by atoms with Crippen LogP contribution < -0.4 is 0 Å². The van der Waals surface area contributed by atoms with E-state index < -0.39 is 0 Å². The summed E-state index contributed by atoms with van der Waals surface area (Å²) < 4.78 is 17.7. The van der Waals surface area contributed by atoms with Gasteiger partial charge in [0.1, 0.15) is 5.82 Å². The fourth-order valence-corrected chi connectivity index (χ4v) is 3.50. The van der Waals surface area contributed by atoms with Gasteiger partial charge in [0.15, 0.2) is 4.77 Å². The first-order valence-corrected chi connectivity index (χ1v) is 7.98. The summed E-state index contributed by atoms with van der Waals surface area (Å²) in [5, 5.41) is 0. The van der Waals surface area contributed by atoms with E-state index in [9.17, 15) is 4.39 Å². The number of halogens is 3. The highest BCUT2D eigenvalue weighted by Crippen LogP contribution is 2.25. The van der Waals surface area contributed by atoms with Gasteiger partial charge in [0, 0.05) is 7.14 Å². The molecule has 0 aliphatic heterocycles. The fraction of sp³-hybridized carbons (Fsp3) is 0. The first kappa shape index (κ1) is 13.5. The molecule has 3 rings (SSSR count). The maximum Gasteiger partial charge on any atom is 0.182 e. The van der Waals surface area contributed by atoms with Crippen LogP contribution in [0, 0.1) is 17.7 Å². The summed E-state index contributed by atoms with van der Waals surface area (Å²) in [4.78, 5) is 3.18. The number of hydrogen-bond donors (Lipinski definition) is 1. The molecule has 0 saturated heterocycles. The average molecular weight is 496 g/mol. The predicted molar refractivity (Wildman–Crippen MR) is 93.9 cm³/mol. The standard InChI is InChI=1S/C13H7FI2N2S/c14-7-1-3-11(9(16)5-7)18-12-4-2-8(15)6-10(12)17-13(18)19/h1-6H,(H,17,19). The zero-order chi connectivity index (χ0) is 13.6. The second-order valence-electron chi connectivity index (χ2n) is 4.02. The summed E-state index contributed by atoms with van der Waals surface area (Å²) in [6.07, 6.45) is 0. The maximum absolute atomic E-state index is 13.2. The van der Waals surface area contributed by atoms with Gasteiger partial charge in [-0.3, -0.25) is 4.57 Å². The molecule has 0 fully saturated rings.